The molecule has 0 spiro atoms. The first-order valence-corrected chi connectivity index (χ1v) is 6.29. The van der Waals surface area contributed by atoms with Crippen molar-refractivity contribution in [3.8, 4) is 5.75 Å². The van der Waals surface area contributed by atoms with Crippen LogP contribution in [-0.2, 0) is 11.2 Å². The van der Waals surface area contributed by atoms with E-state index in [1.807, 2.05) is 0 Å². The highest BCUT2D eigenvalue weighted by molar-refractivity contribution is 5.79. The minimum absolute atomic E-state index is 0.212. The van der Waals surface area contributed by atoms with Crippen LogP contribution in [0, 0.1) is 5.92 Å². The van der Waals surface area contributed by atoms with Gasteiger partial charge in [0.05, 0.1) is 0 Å². The van der Waals surface area contributed by atoms with Crippen molar-refractivity contribution in [1.29, 1.82) is 0 Å². The third-order valence-corrected chi connectivity index (χ3v) is 3.27. The fourth-order valence-electron chi connectivity index (χ4n) is 2.45. The van der Waals surface area contributed by atoms with Gasteiger partial charge in [-0.1, -0.05) is 12.1 Å². The Kier molecular flexibility index (Phi) is 4.12. The van der Waals surface area contributed by atoms with E-state index in [1.165, 1.54) is 12.1 Å². The quantitative estimate of drug-likeness (QED) is 0.834. The van der Waals surface area contributed by atoms with E-state index in [9.17, 15) is 18.0 Å². The molecule has 0 saturated heterocycles. The fourth-order valence-corrected chi connectivity index (χ4v) is 2.45. The van der Waals surface area contributed by atoms with Crippen molar-refractivity contribution in [3.05, 3.63) is 29.8 Å². The molecule has 104 valence electrons. The zero-order chi connectivity index (χ0) is 13.9. The predicted octanol–water partition coefficient (Wildman–Crippen LogP) is 3.89. The van der Waals surface area contributed by atoms with E-state index < -0.39 is 6.36 Å². The second-order valence-electron chi connectivity index (χ2n) is 4.90. The molecule has 5 heteroatoms. The van der Waals surface area contributed by atoms with Gasteiger partial charge in [0.25, 0.3) is 0 Å². The molecule has 0 radical (unpaired) electrons. The van der Waals surface area contributed by atoms with Crippen molar-refractivity contribution < 1.29 is 22.7 Å². The minimum Gasteiger partial charge on any atom is -0.406 e. The molecule has 1 aromatic rings. The van der Waals surface area contributed by atoms with E-state index in [1.54, 1.807) is 12.1 Å². The highest BCUT2D eigenvalue weighted by atomic mass is 19.4. The van der Waals surface area contributed by atoms with E-state index in [0.717, 1.165) is 24.8 Å². The standard InChI is InChI=1S/C14H15F3O2/c15-14(16,17)19-13-6-4-10(5-7-13)8-11-2-1-3-12(18)9-11/h4-7,11H,1-3,8-9H2. The van der Waals surface area contributed by atoms with Crippen molar-refractivity contribution in [2.45, 2.75) is 38.5 Å². The summed E-state index contributed by atoms with van der Waals surface area (Å²) in [6, 6.07) is 5.88. The maximum absolute atomic E-state index is 12.0. The van der Waals surface area contributed by atoms with Crippen LogP contribution >= 0.6 is 0 Å². The highest BCUT2D eigenvalue weighted by Gasteiger charge is 2.31. The fraction of sp³-hybridized carbons (Fsp3) is 0.500. The second kappa shape index (κ2) is 5.63. The van der Waals surface area contributed by atoms with Gasteiger partial charge in [0.2, 0.25) is 0 Å². The first-order chi connectivity index (χ1) is 8.92. The molecular formula is C14H15F3O2. The number of carbonyl (C=O) groups excluding carboxylic acids is 1. The van der Waals surface area contributed by atoms with Crippen molar-refractivity contribution in [2.24, 2.45) is 5.92 Å². The smallest absolute Gasteiger partial charge is 0.406 e. The maximum atomic E-state index is 12.0. The molecule has 1 atom stereocenters. The van der Waals surface area contributed by atoms with Gasteiger partial charge in [0.1, 0.15) is 11.5 Å². The van der Waals surface area contributed by atoms with Gasteiger partial charge >= 0.3 is 6.36 Å². The van der Waals surface area contributed by atoms with Crippen LogP contribution in [0.25, 0.3) is 0 Å². The molecule has 0 bridgehead atoms. The Morgan fingerprint density at radius 1 is 1.21 bits per heavy atom. The van der Waals surface area contributed by atoms with E-state index in [2.05, 4.69) is 4.74 Å². The van der Waals surface area contributed by atoms with Gasteiger partial charge in [-0.05, 0) is 42.9 Å². The number of carbonyl (C=O) groups is 1. The van der Waals surface area contributed by atoms with Gasteiger partial charge in [-0.2, -0.15) is 0 Å². The van der Waals surface area contributed by atoms with Crippen molar-refractivity contribution in [2.75, 3.05) is 0 Å². The average molecular weight is 272 g/mol. The topological polar surface area (TPSA) is 26.3 Å². The molecule has 1 aromatic carbocycles. The molecule has 1 aliphatic carbocycles. The number of hydrogen-bond donors (Lipinski definition) is 0. The SMILES string of the molecule is O=C1CCCC(Cc2ccc(OC(F)(F)F)cc2)C1. The lowest BCUT2D eigenvalue weighted by Gasteiger charge is -2.20. The van der Waals surface area contributed by atoms with E-state index in [0.29, 0.717) is 18.8 Å². The molecular weight excluding hydrogens is 257 g/mol. The summed E-state index contributed by atoms with van der Waals surface area (Å²) in [6.07, 6.45) is -0.754. The number of halogens is 3. The molecule has 0 aromatic heterocycles. The van der Waals surface area contributed by atoms with Crippen molar-refractivity contribution in [3.63, 3.8) is 0 Å². The Labute approximate surface area is 109 Å². The van der Waals surface area contributed by atoms with Gasteiger partial charge in [0, 0.05) is 12.8 Å². The highest BCUT2D eigenvalue weighted by Crippen LogP contribution is 2.27. The van der Waals surface area contributed by atoms with Crippen molar-refractivity contribution in [1.82, 2.24) is 0 Å². The second-order valence-corrected chi connectivity index (χ2v) is 4.90. The normalized spacial score (nSPS) is 20.4. The Bertz CT molecular complexity index is 437. The van der Waals surface area contributed by atoms with Gasteiger partial charge < -0.3 is 4.74 Å². The van der Waals surface area contributed by atoms with Crippen LogP contribution in [-0.4, -0.2) is 12.1 Å². The van der Waals surface area contributed by atoms with E-state index in [4.69, 9.17) is 0 Å². The van der Waals surface area contributed by atoms with Gasteiger partial charge in [0.15, 0.2) is 0 Å². The van der Waals surface area contributed by atoms with E-state index in [-0.39, 0.29) is 11.5 Å². The van der Waals surface area contributed by atoms with Crippen LogP contribution in [0.4, 0.5) is 13.2 Å². The number of benzene rings is 1. The zero-order valence-corrected chi connectivity index (χ0v) is 10.4. The summed E-state index contributed by atoms with van der Waals surface area (Å²) in [5.41, 5.74) is 0.939. The number of alkyl halides is 3. The van der Waals surface area contributed by atoms with Gasteiger partial charge in [-0.25, -0.2) is 0 Å². The Balaban J connectivity index is 1.93. The molecule has 2 nitrogen and oxygen atoms in total. The third-order valence-electron chi connectivity index (χ3n) is 3.27. The molecule has 1 unspecified atom stereocenters. The largest absolute Gasteiger partial charge is 0.573 e. The summed E-state index contributed by atoms with van der Waals surface area (Å²) >= 11 is 0. The first kappa shape index (κ1) is 13.9. The number of ether oxygens (including phenoxy) is 1. The molecule has 0 aliphatic heterocycles. The summed E-state index contributed by atoms with van der Waals surface area (Å²) in [4.78, 5) is 11.3. The maximum Gasteiger partial charge on any atom is 0.573 e. The van der Waals surface area contributed by atoms with Gasteiger partial charge in [-0.15, -0.1) is 13.2 Å². The average Bonchev–Trinajstić information content (AvgIpc) is 2.30. The van der Waals surface area contributed by atoms with Crippen LogP contribution in [0.3, 0.4) is 0 Å². The lowest BCUT2D eigenvalue weighted by molar-refractivity contribution is -0.274. The summed E-state index contributed by atoms with van der Waals surface area (Å²) in [7, 11) is 0. The third kappa shape index (κ3) is 4.58. The Morgan fingerprint density at radius 3 is 2.47 bits per heavy atom. The zero-order valence-electron chi connectivity index (χ0n) is 10.4. The number of ketones is 1. The van der Waals surface area contributed by atoms with Crippen LogP contribution in [0.5, 0.6) is 5.75 Å². The number of Topliss-reactive ketones (excluding diaryl/α,β-unsaturated/α-hetero) is 1. The van der Waals surface area contributed by atoms with Gasteiger partial charge in [-0.3, -0.25) is 4.79 Å². The lowest BCUT2D eigenvalue weighted by Crippen LogP contribution is -2.17. The first-order valence-electron chi connectivity index (χ1n) is 6.29. The minimum atomic E-state index is -4.66. The molecule has 2 rings (SSSR count). The molecule has 1 fully saturated rings. The number of hydrogen-bond acceptors (Lipinski definition) is 2. The van der Waals surface area contributed by atoms with Crippen LogP contribution < -0.4 is 4.74 Å². The summed E-state index contributed by atoms with van der Waals surface area (Å²) in [6.45, 7) is 0. The molecule has 1 saturated carbocycles. The summed E-state index contributed by atoms with van der Waals surface area (Å²) < 4.78 is 39.8. The summed E-state index contributed by atoms with van der Waals surface area (Å²) in [5.74, 6) is 0.389. The molecule has 0 heterocycles. The molecule has 0 amide bonds. The monoisotopic (exact) mass is 272 g/mol. The van der Waals surface area contributed by atoms with Crippen LogP contribution in [0.1, 0.15) is 31.2 Å². The Hall–Kier alpha value is -1.52. The van der Waals surface area contributed by atoms with E-state index >= 15 is 0 Å². The number of rotatable bonds is 3. The molecule has 0 N–H and O–H groups in total. The Morgan fingerprint density at radius 2 is 1.89 bits per heavy atom. The van der Waals surface area contributed by atoms with Crippen LogP contribution in [0.15, 0.2) is 24.3 Å². The lowest BCUT2D eigenvalue weighted by atomic mass is 9.84. The molecule has 19 heavy (non-hydrogen) atoms. The van der Waals surface area contributed by atoms with Crippen LogP contribution in [0.2, 0.25) is 0 Å². The molecule has 1 aliphatic rings. The van der Waals surface area contributed by atoms with Crippen molar-refractivity contribution >= 4 is 5.78 Å². The predicted molar refractivity (Wildman–Crippen MR) is 63.8 cm³/mol. The summed E-state index contributed by atoms with van der Waals surface area (Å²) in [5, 5.41) is 0.